The molecule has 0 radical (unpaired) electrons. The van der Waals surface area contributed by atoms with Gasteiger partial charge in [-0.3, -0.25) is 4.79 Å². The second-order valence-electron chi connectivity index (χ2n) is 6.50. The minimum absolute atomic E-state index is 0.0791. The summed E-state index contributed by atoms with van der Waals surface area (Å²) in [5.41, 5.74) is 1.48. The summed E-state index contributed by atoms with van der Waals surface area (Å²) in [6.07, 6.45) is 2.38. The molecule has 116 valence electrons. The number of ether oxygens (including phenoxy) is 1. The highest BCUT2D eigenvalue weighted by molar-refractivity contribution is 8.00. The third-order valence-electron chi connectivity index (χ3n) is 3.64. The largest absolute Gasteiger partial charge is 0.376 e. The second-order valence-corrected chi connectivity index (χ2v) is 7.55. The Morgan fingerprint density at radius 3 is 2.62 bits per heavy atom. The molecule has 1 aliphatic rings. The van der Waals surface area contributed by atoms with Crippen LogP contribution in [-0.2, 0) is 14.9 Å². The molecule has 1 aromatic rings. The summed E-state index contributed by atoms with van der Waals surface area (Å²) in [6.45, 7) is 8.08. The standard InChI is InChI=1S/C17H25NO2S/c1-17(2,3)13-6-8-15(9-7-13)21-12-16(19)18-11-14-5-4-10-20-14/h6-9,14H,4-5,10-12H2,1-3H3,(H,18,19)/t14-/m0/s1. The first-order chi connectivity index (χ1) is 9.95. The average Bonchev–Trinajstić information content (AvgIpc) is 2.95. The first-order valence-corrected chi connectivity index (χ1v) is 8.55. The predicted molar refractivity (Wildman–Crippen MR) is 87.8 cm³/mol. The molecule has 1 heterocycles. The smallest absolute Gasteiger partial charge is 0.230 e. The minimum atomic E-state index is 0.0791. The molecule has 0 aromatic heterocycles. The van der Waals surface area contributed by atoms with Crippen LogP contribution in [0.25, 0.3) is 0 Å². The van der Waals surface area contributed by atoms with Crippen molar-refractivity contribution >= 4 is 17.7 Å². The molecule has 1 atom stereocenters. The Morgan fingerprint density at radius 1 is 1.33 bits per heavy atom. The molecule has 2 rings (SSSR count). The summed E-state index contributed by atoms with van der Waals surface area (Å²) in [6, 6.07) is 8.48. The van der Waals surface area contributed by atoms with Gasteiger partial charge in [0.15, 0.2) is 0 Å². The van der Waals surface area contributed by atoms with Crippen molar-refractivity contribution in [1.82, 2.24) is 5.32 Å². The molecule has 4 heteroatoms. The molecule has 1 aliphatic heterocycles. The highest BCUT2D eigenvalue weighted by Crippen LogP contribution is 2.25. The van der Waals surface area contributed by atoms with E-state index < -0.39 is 0 Å². The minimum Gasteiger partial charge on any atom is -0.376 e. The fraction of sp³-hybridized carbons (Fsp3) is 0.588. The molecule has 1 saturated heterocycles. The molecule has 0 bridgehead atoms. The van der Waals surface area contributed by atoms with Crippen LogP contribution in [0.2, 0.25) is 0 Å². The predicted octanol–water partition coefficient (Wildman–Crippen LogP) is 3.37. The van der Waals surface area contributed by atoms with Crippen molar-refractivity contribution < 1.29 is 9.53 Å². The molecule has 0 unspecified atom stereocenters. The zero-order valence-electron chi connectivity index (χ0n) is 13.1. The van der Waals surface area contributed by atoms with Crippen LogP contribution in [0.15, 0.2) is 29.2 Å². The van der Waals surface area contributed by atoms with Gasteiger partial charge in [-0.15, -0.1) is 11.8 Å². The van der Waals surface area contributed by atoms with Crippen molar-refractivity contribution in [3.8, 4) is 0 Å². The first-order valence-electron chi connectivity index (χ1n) is 7.57. The number of amides is 1. The lowest BCUT2D eigenvalue weighted by Gasteiger charge is -2.19. The van der Waals surface area contributed by atoms with Gasteiger partial charge in [0.1, 0.15) is 0 Å². The lowest BCUT2D eigenvalue weighted by molar-refractivity contribution is -0.119. The SMILES string of the molecule is CC(C)(C)c1ccc(SCC(=O)NC[C@@H]2CCCO2)cc1. The van der Waals surface area contributed by atoms with Gasteiger partial charge in [0.2, 0.25) is 5.91 Å². The van der Waals surface area contributed by atoms with Crippen LogP contribution in [0.3, 0.4) is 0 Å². The van der Waals surface area contributed by atoms with Gasteiger partial charge in [0, 0.05) is 18.0 Å². The topological polar surface area (TPSA) is 38.3 Å². The Morgan fingerprint density at radius 2 is 2.05 bits per heavy atom. The lowest BCUT2D eigenvalue weighted by Crippen LogP contribution is -2.32. The Bertz CT molecular complexity index is 459. The molecule has 1 amide bonds. The third kappa shape index (κ3) is 5.36. The van der Waals surface area contributed by atoms with E-state index in [0.717, 1.165) is 24.3 Å². The Hall–Kier alpha value is -1.00. The van der Waals surface area contributed by atoms with Crippen LogP contribution >= 0.6 is 11.8 Å². The molecule has 1 aromatic carbocycles. The number of hydrogen-bond acceptors (Lipinski definition) is 3. The van der Waals surface area contributed by atoms with Gasteiger partial charge in [-0.2, -0.15) is 0 Å². The molecular weight excluding hydrogens is 282 g/mol. The normalized spacial score (nSPS) is 18.7. The van der Waals surface area contributed by atoms with Crippen molar-refractivity contribution in [2.45, 2.75) is 50.0 Å². The third-order valence-corrected chi connectivity index (χ3v) is 4.65. The fourth-order valence-electron chi connectivity index (χ4n) is 2.28. The number of hydrogen-bond donors (Lipinski definition) is 1. The highest BCUT2D eigenvalue weighted by Gasteiger charge is 2.16. The van der Waals surface area contributed by atoms with Crippen LogP contribution in [0.5, 0.6) is 0 Å². The zero-order valence-corrected chi connectivity index (χ0v) is 14.0. The number of benzene rings is 1. The van der Waals surface area contributed by atoms with Crippen molar-refractivity contribution in [3.05, 3.63) is 29.8 Å². The second kappa shape index (κ2) is 7.32. The molecule has 3 nitrogen and oxygen atoms in total. The molecule has 1 N–H and O–H groups in total. The van der Waals surface area contributed by atoms with Gasteiger partial charge < -0.3 is 10.1 Å². The highest BCUT2D eigenvalue weighted by atomic mass is 32.2. The maximum absolute atomic E-state index is 11.8. The number of thioether (sulfide) groups is 1. The summed E-state index contributed by atoms with van der Waals surface area (Å²) < 4.78 is 5.49. The number of carbonyl (C=O) groups excluding carboxylic acids is 1. The summed E-state index contributed by atoms with van der Waals surface area (Å²) in [4.78, 5) is 12.9. The molecule has 1 fully saturated rings. The van der Waals surface area contributed by atoms with E-state index in [1.807, 2.05) is 0 Å². The monoisotopic (exact) mass is 307 g/mol. The van der Waals surface area contributed by atoms with E-state index >= 15 is 0 Å². The summed E-state index contributed by atoms with van der Waals surface area (Å²) in [5, 5.41) is 2.95. The maximum Gasteiger partial charge on any atom is 0.230 e. The summed E-state index contributed by atoms with van der Waals surface area (Å²) in [7, 11) is 0. The van der Waals surface area contributed by atoms with E-state index in [0.29, 0.717) is 12.3 Å². The van der Waals surface area contributed by atoms with Gasteiger partial charge in [-0.05, 0) is 36.0 Å². The van der Waals surface area contributed by atoms with Gasteiger partial charge in [0.25, 0.3) is 0 Å². The van der Waals surface area contributed by atoms with Gasteiger partial charge >= 0.3 is 0 Å². The summed E-state index contributed by atoms with van der Waals surface area (Å²) >= 11 is 1.58. The van der Waals surface area contributed by atoms with Crippen LogP contribution in [0.4, 0.5) is 0 Å². The lowest BCUT2D eigenvalue weighted by atomic mass is 9.87. The average molecular weight is 307 g/mol. The van der Waals surface area contributed by atoms with Crippen LogP contribution in [0, 0.1) is 0 Å². The van der Waals surface area contributed by atoms with Gasteiger partial charge in [-0.25, -0.2) is 0 Å². The number of carbonyl (C=O) groups is 1. The molecule has 0 spiro atoms. The Kier molecular flexibility index (Phi) is 5.71. The molecule has 21 heavy (non-hydrogen) atoms. The van der Waals surface area contributed by atoms with Crippen molar-refractivity contribution in [2.24, 2.45) is 0 Å². The van der Waals surface area contributed by atoms with Gasteiger partial charge in [0.05, 0.1) is 11.9 Å². The van der Waals surface area contributed by atoms with E-state index in [2.05, 4.69) is 50.4 Å². The number of rotatable bonds is 5. The Labute approximate surface area is 131 Å². The van der Waals surface area contributed by atoms with E-state index in [1.165, 1.54) is 5.56 Å². The van der Waals surface area contributed by atoms with Crippen LogP contribution in [0.1, 0.15) is 39.2 Å². The molecular formula is C17H25NO2S. The first kappa shape index (κ1) is 16.4. The van der Waals surface area contributed by atoms with Crippen molar-refractivity contribution in [2.75, 3.05) is 18.9 Å². The zero-order chi connectivity index (χ0) is 15.3. The Balaban J connectivity index is 1.73. The van der Waals surface area contributed by atoms with E-state index in [1.54, 1.807) is 11.8 Å². The van der Waals surface area contributed by atoms with Crippen molar-refractivity contribution in [1.29, 1.82) is 0 Å². The summed E-state index contributed by atoms with van der Waals surface area (Å²) in [5.74, 6) is 0.539. The quantitative estimate of drug-likeness (QED) is 0.848. The van der Waals surface area contributed by atoms with Crippen LogP contribution < -0.4 is 5.32 Å². The number of nitrogens with one attached hydrogen (secondary N) is 1. The van der Waals surface area contributed by atoms with Gasteiger partial charge in [-0.1, -0.05) is 32.9 Å². The van der Waals surface area contributed by atoms with Crippen molar-refractivity contribution in [3.63, 3.8) is 0 Å². The van der Waals surface area contributed by atoms with Crippen LogP contribution in [-0.4, -0.2) is 30.9 Å². The van der Waals surface area contributed by atoms with E-state index in [4.69, 9.17) is 4.74 Å². The molecule has 0 aliphatic carbocycles. The van der Waals surface area contributed by atoms with E-state index in [-0.39, 0.29) is 17.4 Å². The van der Waals surface area contributed by atoms with E-state index in [9.17, 15) is 4.79 Å². The fourth-order valence-corrected chi connectivity index (χ4v) is 3.01. The maximum atomic E-state index is 11.8. The molecule has 0 saturated carbocycles.